The number of hydrogen-bond acceptors (Lipinski definition) is 5. The van der Waals surface area contributed by atoms with Crippen molar-refractivity contribution in [3.8, 4) is 0 Å². The third-order valence-electron chi connectivity index (χ3n) is 3.54. The van der Waals surface area contributed by atoms with Gasteiger partial charge in [-0.2, -0.15) is 12.6 Å². The predicted octanol–water partition coefficient (Wildman–Crippen LogP) is 3.18. The normalized spacial score (nSPS) is 12.2. The van der Waals surface area contributed by atoms with Crippen LogP contribution in [-0.4, -0.2) is 31.4 Å². The Kier molecular flexibility index (Phi) is 4.50. The molecule has 1 N–H and O–H groups in total. The van der Waals surface area contributed by atoms with Gasteiger partial charge in [0.2, 0.25) is 0 Å². The third kappa shape index (κ3) is 2.64. The molecule has 18 heavy (non-hydrogen) atoms. The molecule has 2 rings (SSSR count). The molecule has 0 spiro atoms. The van der Waals surface area contributed by atoms with Crippen molar-refractivity contribution in [2.45, 2.75) is 31.7 Å². The van der Waals surface area contributed by atoms with Gasteiger partial charge in [-0.1, -0.05) is 13.8 Å². The van der Waals surface area contributed by atoms with Crippen molar-refractivity contribution < 1.29 is 0 Å². The minimum Gasteiger partial charge on any atom is -0.341 e. The second-order valence-electron chi connectivity index (χ2n) is 4.43. The molecule has 0 saturated heterocycles. The van der Waals surface area contributed by atoms with Crippen LogP contribution in [0.1, 0.15) is 26.7 Å². The van der Waals surface area contributed by atoms with Crippen LogP contribution in [0, 0.1) is 5.41 Å². The Balaban J connectivity index is 2.17. The van der Waals surface area contributed by atoms with E-state index >= 15 is 0 Å². The molecule has 0 aliphatic heterocycles. The van der Waals surface area contributed by atoms with E-state index in [0.717, 1.165) is 40.5 Å². The van der Waals surface area contributed by atoms with Crippen LogP contribution in [0.15, 0.2) is 17.7 Å². The van der Waals surface area contributed by atoms with E-state index in [0.29, 0.717) is 0 Å². The fourth-order valence-electron chi connectivity index (χ4n) is 1.80. The third-order valence-corrected chi connectivity index (χ3v) is 5.55. The van der Waals surface area contributed by atoms with Gasteiger partial charge in [0, 0.05) is 5.75 Å². The van der Waals surface area contributed by atoms with E-state index in [9.17, 15) is 0 Å². The van der Waals surface area contributed by atoms with Gasteiger partial charge in [-0.05, 0) is 24.0 Å². The molecule has 0 unspecified atom stereocenters. The lowest BCUT2D eigenvalue weighted by atomic mass is 9.87. The lowest BCUT2D eigenvalue weighted by molar-refractivity contribution is 0.357. The topological polar surface area (TPSA) is 54.5 Å². The zero-order chi connectivity index (χ0) is 13.0. The maximum atomic E-state index is 4.50. The summed E-state index contributed by atoms with van der Waals surface area (Å²) >= 11 is 6.27. The molecular formula is C12H18N4S2. The van der Waals surface area contributed by atoms with E-state index < -0.39 is 0 Å². The second-order valence-corrected chi connectivity index (χ2v) is 5.71. The van der Waals surface area contributed by atoms with E-state index in [4.69, 9.17) is 0 Å². The summed E-state index contributed by atoms with van der Waals surface area (Å²) in [5.74, 6) is 1.93. The summed E-state index contributed by atoms with van der Waals surface area (Å²) in [6, 6.07) is 0. The highest BCUT2D eigenvalue weighted by atomic mass is 32.2. The predicted molar refractivity (Wildman–Crippen MR) is 79.3 cm³/mol. The number of thioether (sulfide) groups is 1. The molecule has 0 aliphatic rings. The van der Waals surface area contributed by atoms with Crippen LogP contribution < -0.4 is 0 Å². The highest BCUT2D eigenvalue weighted by Crippen LogP contribution is 2.35. The standard InChI is InChI=1S/C12H18N4S2/c1-3-12(4-2,5-17)6-18-11-9-10(14-7-13-9)15-8-16-11/h7-8,17H,3-6H2,1-2H3,(H,13,14,15,16). The molecule has 0 aromatic carbocycles. The van der Waals surface area contributed by atoms with Crippen LogP contribution in [-0.2, 0) is 0 Å². The molecule has 2 aromatic heterocycles. The summed E-state index contributed by atoms with van der Waals surface area (Å²) in [4.78, 5) is 15.7. The molecule has 0 aliphatic carbocycles. The molecule has 2 aromatic rings. The molecule has 0 amide bonds. The number of nitrogens with zero attached hydrogens (tertiary/aromatic N) is 3. The summed E-state index contributed by atoms with van der Waals surface area (Å²) < 4.78 is 0. The van der Waals surface area contributed by atoms with E-state index in [2.05, 4.69) is 46.4 Å². The highest BCUT2D eigenvalue weighted by Gasteiger charge is 2.25. The summed E-state index contributed by atoms with van der Waals surface area (Å²) in [5.41, 5.74) is 1.95. The van der Waals surface area contributed by atoms with Crippen LogP contribution in [0.5, 0.6) is 0 Å². The van der Waals surface area contributed by atoms with E-state index in [1.807, 2.05) is 0 Å². The first-order chi connectivity index (χ1) is 8.74. The molecule has 0 saturated carbocycles. The minimum absolute atomic E-state index is 0.283. The van der Waals surface area contributed by atoms with Gasteiger partial charge >= 0.3 is 0 Å². The van der Waals surface area contributed by atoms with Gasteiger partial charge in [0.15, 0.2) is 5.65 Å². The summed E-state index contributed by atoms with van der Waals surface area (Å²) in [6.07, 6.45) is 5.51. The van der Waals surface area contributed by atoms with Gasteiger partial charge in [0.25, 0.3) is 0 Å². The van der Waals surface area contributed by atoms with Gasteiger partial charge in [0.05, 0.1) is 6.33 Å². The van der Waals surface area contributed by atoms with Crippen molar-refractivity contribution in [1.82, 2.24) is 19.9 Å². The summed E-state index contributed by atoms with van der Waals surface area (Å²) in [6.45, 7) is 4.46. The highest BCUT2D eigenvalue weighted by molar-refractivity contribution is 7.99. The fourth-order valence-corrected chi connectivity index (χ4v) is 3.88. The van der Waals surface area contributed by atoms with Gasteiger partial charge in [-0.3, -0.25) is 0 Å². The first-order valence-corrected chi connectivity index (χ1v) is 7.74. The number of rotatable bonds is 6. The van der Waals surface area contributed by atoms with Gasteiger partial charge in [-0.15, -0.1) is 11.8 Å². The molecule has 98 valence electrons. The van der Waals surface area contributed by atoms with Gasteiger partial charge in [0.1, 0.15) is 16.9 Å². The molecule has 6 heteroatoms. The molecule has 0 atom stereocenters. The maximum absolute atomic E-state index is 4.50. The Morgan fingerprint density at radius 2 is 2.06 bits per heavy atom. The minimum atomic E-state index is 0.283. The van der Waals surface area contributed by atoms with Crippen molar-refractivity contribution in [1.29, 1.82) is 0 Å². The molecular weight excluding hydrogens is 264 g/mol. The monoisotopic (exact) mass is 282 g/mol. The van der Waals surface area contributed by atoms with Crippen LogP contribution in [0.4, 0.5) is 0 Å². The van der Waals surface area contributed by atoms with Gasteiger partial charge < -0.3 is 4.98 Å². The van der Waals surface area contributed by atoms with Crippen molar-refractivity contribution in [3.63, 3.8) is 0 Å². The van der Waals surface area contributed by atoms with Crippen LogP contribution in [0.25, 0.3) is 11.2 Å². The van der Waals surface area contributed by atoms with E-state index in [-0.39, 0.29) is 5.41 Å². The molecule has 0 fully saturated rings. The number of hydrogen-bond donors (Lipinski definition) is 2. The van der Waals surface area contributed by atoms with Crippen LogP contribution in [0.2, 0.25) is 0 Å². The Labute approximate surface area is 117 Å². The van der Waals surface area contributed by atoms with Crippen molar-refractivity contribution in [2.24, 2.45) is 5.41 Å². The quantitative estimate of drug-likeness (QED) is 0.485. The molecule has 0 radical (unpaired) electrons. The van der Waals surface area contributed by atoms with E-state index in [1.165, 1.54) is 0 Å². The lowest BCUT2D eigenvalue weighted by Crippen LogP contribution is -2.24. The average Bonchev–Trinajstić information content (AvgIpc) is 2.90. The molecule has 2 heterocycles. The summed E-state index contributed by atoms with van der Waals surface area (Å²) in [7, 11) is 0. The Bertz CT molecular complexity index is 499. The SMILES string of the molecule is CCC(CC)(CS)CSc1ncnc2nc[nH]c12. The average molecular weight is 282 g/mol. The first kappa shape index (κ1) is 13.7. The number of fused-ring (bicyclic) bond motifs is 1. The Morgan fingerprint density at radius 3 is 2.72 bits per heavy atom. The summed E-state index contributed by atoms with van der Waals surface area (Å²) in [5, 5.41) is 0.977. The Morgan fingerprint density at radius 1 is 1.28 bits per heavy atom. The van der Waals surface area contributed by atoms with Crippen molar-refractivity contribution in [3.05, 3.63) is 12.7 Å². The number of thiol groups is 1. The number of aromatic amines is 1. The zero-order valence-electron chi connectivity index (χ0n) is 10.7. The number of aromatic nitrogens is 4. The van der Waals surface area contributed by atoms with Crippen LogP contribution in [0.3, 0.4) is 0 Å². The smallest absolute Gasteiger partial charge is 0.181 e. The molecule has 4 nitrogen and oxygen atoms in total. The van der Waals surface area contributed by atoms with Crippen molar-refractivity contribution in [2.75, 3.05) is 11.5 Å². The Hall–Kier alpha value is -0.750. The fraction of sp³-hybridized carbons (Fsp3) is 0.583. The number of H-pyrrole nitrogens is 1. The lowest BCUT2D eigenvalue weighted by Gasteiger charge is -2.29. The largest absolute Gasteiger partial charge is 0.341 e. The van der Waals surface area contributed by atoms with Crippen LogP contribution >= 0.6 is 24.4 Å². The number of nitrogens with one attached hydrogen (secondary N) is 1. The molecule has 0 bridgehead atoms. The maximum Gasteiger partial charge on any atom is 0.181 e. The van der Waals surface area contributed by atoms with Crippen molar-refractivity contribution >= 4 is 35.6 Å². The first-order valence-electron chi connectivity index (χ1n) is 6.12. The zero-order valence-corrected chi connectivity index (χ0v) is 12.4. The van der Waals surface area contributed by atoms with Gasteiger partial charge in [-0.25, -0.2) is 15.0 Å². The second kappa shape index (κ2) is 5.93. The number of imidazole rings is 1. The van der Waals surface area contributed by atoms with E-state index in [1.54, 1.807) is 24.4 Å².